The molecule has 1 saturated heterocycles. The van der Waals surface area contributed by atoms with Crippen molar-refractivity contribution in [3.8, 4) is 11.8 Å². The third-order valence-electron chi connectivity index (χ3n) is 5.63. The number of Topliss-reactive ketones (excluding diaryl/α,β-unsaturated/α-hetero) is 1. The summed E-state index contributed by atoms with van der Waals surface area (Å²) >= 11 is 3.40. The molecule has 1 amide bonds. The van der Waals surface area contributed by atoms with Crippen molar-refractivity contribution in [2.45, 2.75) is 13.0 Å². The van der Waals surface area contributed by atoms with Crippen LogP contribution in [0.5, 0.6) is 5.75 Å². The van der Waals surface area contributed by atoms with Crippen molar-refractivity contribution >= 4 is 39.1 Å². The molecule has 1 atom stereocenters. The van der Waals surface area contributed by atoms with Gasteiger partial charge >= 0.3 is 0 Å². The summed E-state index contributed by atoms with van der Waals surface area (Å²) in [6.45, 7) is 1.89. The molecule has 164 valence electrons. The van der Waals surface area contributed by atoms with E-state index in [-0.39, 0.29) is 11.3 Å². The molecular weight excluding hydrogens is 484 g/mol. The van der Waals surface area contributed by atoms with E-state index < -0.39 is 17.7 Å². The lowest BCUT2D eigenvalue weighted by Crippen LogP contribution is -2.29. The van der Waals surface area contributed by atoms with E-state index >= 15 is 0 Å². The number of methoxy groups -OCH3 is 1. The van der Waals surface area contributed by atoms with Crippen molar-refractivity contribution in [1.82, 2.24) is 0 Å². The number of nitriles is 1. The number of hydrogen-bond acceptors (Lipinski definition) is 5. The zero-order valence-corrected chi connectivity index (χ0v) is 19.5. The Kier molecular flexibility index (Phi) is 6.03. The van der Waals surface area contributed by atoms with Crippen LogP contribution in [-0.2, 0) is 9.59 Å². The van der Waals surface area contributed by atoms with Crippen LogP contribution in [0.4, 0.5) is 5.69 Å². The smallest absolute Gasteiger partial charge is 0.300 e. The van der Waals surface area contributed by atoms with E-state index in [2.05, 4.69) is 15.9 Å². The molecule has 0 bridgehead atoms. The first-order chi connectivity index (χ1) is 15.9. The van der Waals surface area contributed by atoms with Gasteiger partial charge in [0.1, 0.15) is 11.5 Å². The van der Waals surface area contributed by atoms with Gasteiger partial charge in [-0.05, 0) is 76.4 Å². The fourth-order valence-electron chi connectivity index (χ4n) is 3.95. The number of rotatable bonds is 4. The molecule has 1 N–H and O–H groups in total. The first kappa shape index (κ1) is 22.3. The summed E-state index contributed by atoms with van der Waals surface area (Å²) in [5.41, 5.74) is 2.85. The maximum atomic E-state index is 13.2. The van der Waals surface area contributed by atoms with Crippen LogP contribution in [0.25, 0.3) is 5.76 Å². The van der Waals surface area contributed by atoms with Gasteiger partial charge in [0.05, 0.1) is 34.8 Å². The number of aryl methyl sites for hydroxylation is 1. The van der Waals surface area contributed by atoms with Gasteiger partial charge in [-0.3, -0.25) is 14.5 Å². The van der Waals surface area contributed by atoms with E-state index in [1.54, 1.807) is 42.5 Å². The van der Waals surface area contributed by atoms with E-state index in [0.29, 0.717) is 27.0 Å². The summed E-state index contributed by atoms with van der Waals surface area (Å²) in [7, 11) is 1.53. The molecule has 0 spiro atoms. The number of aliphatic hydroxyl groups excluding tert-OH is 1. The van der Waals surface area contributed by atoms with E-state index in [0.717, 1.165) is 11.1 Å². The fraction of sp³-hybridized carbons (Fsp3) is 0.115. The number of ether oxygens (including phenoxy) is 1. The van der Waals surface area contributed by atoms with Crippen LogP contribution in [0.15, 0.2) is 76.8 Å². The molecule has 4 rings (SSSR count). The Morgan fingerprint density at radius 3 is 2.39 bits per heavy atom. The van der Waals surface area contributed by atoms with Gasteiger partial charge in [-0.25, -0.2) is 0 Å². The van der Waals surface area contributed by atoms with Gasteiger partial charge in [0, 0.05) is 11.3 Å². The standard InChI is InChI=1S/C26H19BrN2O4/c1-15-5-3-4-6-19(15)23-22(24(30)17-9-12-21(33-2)20(27)13-17)25(31)26(32)29(23)18-10-7-16(14-28)8-11-18/h3-13,23,30H,1-2H3/b24-22+. The van der Waals surface area contributed by atoms with Gasteiger partial charge in [0.15, 0.2) is 0 Å². The Bertz CT molecular complexity index is 1340. The number of benzene rings is 3. The molecule has 0 aliphatic carbocycles. The highest BCUT2D eigenvalue weighted by atomic mass is 79.9. The van der Waals surface area contributed by atoms with E-state index in [9.17, 15) is 14.7 Å². The molecule has 7 heteroatoms. The first-order valence-electron chi connectivity index (χ1n) is 10.1. The van der Waals surface area contributed by atoms with Crippen LogP contribution in [0.2, 0.25) is 0 Å². The third-order valence-corrected chi connectivity index (χ3v) is 6.25. The number of aliphatic hydroxyl groups is 1. The van der Waals surface area contributed by atoms with Gasteiger partial charge < -0.3 is 9.84 Å². The van der Waals surface area contributed by atoms with Crippen molar-refractivity contribution in [3.05, 3.63) is 99.0 Å². The SMILES string of the molecule is COc1ccc(/C(O)=C2\C(=O)C(=O)N(c3ccc(C#N)cc3)C2c2ccccc2C)cc1Br. The molecule has 0 aromatic heterocycles. The molecule has 1 aliphatic rings. The van der Waals surface area contributed by atoms with Gasteiger partial charge in [0.25, 0.3) is 11.7 Å². The molecule has 3 aromatic carbocycles. The molecule has 33 heavy (non-hydrogen) atoms. The van der Waals surface area contributed by atoms with Gasteiger partial charge in [-0.1, -0.05) is 24.3 Å². The van der Waals surface area contributed by atoms with E-state index in [1.807, 2.05) is 37.3 Å². The van der Waals surface area contributed by atoms with Crippen molar-refractivity contribution in [3.63, 3.8) is 0 Å². The highest BCUT2D eigenvalue weighted by Crippen LogP contribution is 2.43. The molecule has 0 saturated carbocycles. The van der Waals surface area contributed by atoms with Crippen LogP contribution >= 0.6 is 15.9 Å². The van der Waals surface area contributed by atoms with Crippen LogP contribution in [0.3, 0.4) is 0 Å². The lowest BCUT2D eigenvalue weighted by Gasteiger charge is -2.26. The summed E-state index contributed by atoms with van der Waals surface area (Å²) < 4.78 is 5.85. The number of hydrogen-bond donors (Lipinski definition) is 1. The monoisotopic (exact) mass is 502 g/mol. The summed E-state index contributed by atoms with van der Waals surface area (Å²) in [4.78, 5) is 27.8. The van der Waals surface area contributed by atoms with Crippen LogP contribution in [-0.4, -0.2) is 23.9 Å². The van der Waals surface area contributed by atoms with Gasteiger partial charge in [0.2, 0.25) is 0 Å². The maximum absolute atomic E-state index is 13.2. The minimum atomic E-state index is -0.833. The Morgan fingerprint density at radius 2 is 1.79 bits per heavy atom. The number of carbonyl (C=O) groups excluding carboxylic acids is 2. The minimum Gasteiger partial charge on any atom is -0.507 e. The van der Waals surface area contributed by atoms with Crippen molar-refractivity contribution < 1.29 is 19.4 Å². The zero-order valence-electron chi connectivity index (χ0n) is 17.9. The Labute approximate surface area is 199 Å². The van der Waals surface area contributed by atoms with Crippen molar-refractivity contribution in [1.29, 1.82) is 5.26 Å². The van der Waals surface area contributed by atoms with Crippen LogP contribution < -0.4 is 9.64 Å². The summed E-state index contributed by atoms with van der Waals surface area (Å²) in [6, 6.07) is 20.0. The molecule has 1 unspecified atom stereocenters. The summed E-state index contributed by atoms with van der Waals surface area (Å²) in [5.74, 6) is -1.24. The number of ketones is 1. The van der Waals surface area contributed by atoms with Crippen LogP contribution in [0, 0.1) is 18.3 Å². The number of amides is 1. The van der Waals surface area contributed by atoms with Crippen molar-refractivity contribution in [2.75, 3.05) is 12.0 Å². The highest BCUT2D eigenvalue weighted by molar-refractivity contribution is 9.10. The summed E-state index contributed by atoms with van der Waals surface area (Å²) in [6.07, 6.45) is 0. The Balaban J connectivity index is 1.95. The molecule has 1 fully saturated rings. The lowest BCUT2D eigenvalue weighted by atomic mass is 9.92. The Hall–Kier alpha value is -3.89. The topological polar surface area (TPSA) is 90.6 Å². The number of nitrogens with zero attached hydrogens (tertiary/aromatic N) is 2. The first-order valence-corrected chi connectivity index (χ1v) is 10.9. The zero-order chi connectivity index (χ0) is 23.7. The second-order valence-corrected chi connectivity index (χ2v) is 8.39. The predicted molar refractivity (Wildman–Crippen MR) is 128 cm³/mol. The van der Waals surface area contributed by atoms with Gasteiger partial charge in [-0.2, -0.15) is 5.26 Å². The number of carbonyl (C=O) groups is 2. The fourth-order valence-corrected chi connectivity index (χ4v) is 4.49. The lowest BCUT2D eigenvalue weighted by molar-refractivity contribution is -0.132. The second kappa shape index (κ2) is 8.93. The van der Waals surface area contributed by atoms with Gasteiger partial charge in [-0.15, -0.1) is 0 Å². The molecule has 0 radical (unpaired) electrons. The van der Waals surface area contributed by atoms with E-state index in [4.69, 9.17) is 10.00 Å². The third kappa shape index (κ3) is 3.90. The quantitative estimate of drug-likeness (QED) is 0.298. The average molecular weight is 503 g/mol. The molecular formula is C26H19BrN2O4. The predicted octanol–water partition coefficient (Wildman–Crippen LogP) is 5.26. The maximum Gasteiger partial charge on any atom is 0.300 e. The molecule has 1 aliphatic heterocycles. The average Bonchev–Trinajstić information content (AvgIpc) is 3.09. The van der Waals surface area contributed by atoms with Crippen LogP contribution in [0.1, 0.15) is 28.3 Å². The molecule has 1 heterocycles. The largest absolute Gasteiger partial charge is 0.507 e. The number of anilines is 1. The number of halogens is 1. The van der Waals surface area contributed by atoms with E-state index in [1.165, 1.54) is 12.0 Å². The summed E-state index contributed by atoms with van der Waals surface area (Å²) in [5, 5.41) is 20.4. The highest BCUT2D eigenvalue weighted by Gasteiger charge is 2.47. The normalized spacial score (nSPS) is 17.2. The molecule has 6 nitrogen and oxygen atoms in total. The van der Waals surface area contributed by atoms with Crippen molar-refractivity contribution in [2.24, 2.45) is 0 Å². The molecule has 3 aromatic rings. The minimum absolute atomic E-state index is 0.00396. The Morgan fingerprint density at radius 1 is 1.09 bits per heavy atom. The second-order valence-electron chi connectivity index (χ2n) is 7.53.